The minimum Gasteiger partial charge on any atom is -0.497 e. The molecule has 0 heterocycles. The van der Waals surface area contributed by atoms with Gasteiger partial charge in [-0.2, -0.15) is 5.10 Å². The number of para-hydroxylation sites is 1. The molecule has 0 spiro atoms. The van der Waals surface area contributed by atoms with Gasteiger partial charge in [-0.15, -0.1) is 0 Å². The van der Waals surface area contributed by atoms with Gasteiger partial charge in [-0.25, -0.2) is 10.2 Å². The number of urea groups is 1. The third-order valence-corrected chi connectivity index (χ3v) is 4.97. The Morgan fingerprint density at radius 1 is 0.971 bits per heavy atom. The molecule has 0 bridgehead atoms. The van der Waals surface area contributed by atoms with E-state index in [1.807, 2.05) is 55.5 Å². The van der Waals surface area contributed by atoms with Gasteiger partial charge in [-0.05, 0) is 64.8 Å². The maximum absolute atomic E-state index is 12.0. The molecule has 0 aliphatic carbocycles. The number of hydrogen-bond acceptors (Lipinski definition) is 6. The molecular formula is C25H26BrN3O5. The van der Waals surface area contributed by atoms with Crippen LogP contribution in [-0.2, 0) is 0 Å². The molecule has 9 heteroatoms. The highest BCUT2D eigenvalue weighted by Gasteiger charge is 2.12. The Labute approximate surface area is 207 Å². The maximum Gasteiger partial charge on any atom is 0.339 e. The van der Waals surface area contributed by atoms with Gasteiger partial charge in [0, 0.05) is 11.8 Å². The van der Waals surface area contributed by atoms with E-state index in [0.29, 0.717) is 47.2 Å². The van der Waals surface area contributed by atoms with Crippen molar-refractivity contribution < 1.29 is 23.7 Å². The number of nitrogens with zero attached hydrogens (tertiary/aromatic N) is 1. The molecule has 0 fully saturated rings. The van der Waals surface area contributed by atoms with Crippen LogP contribution in [0.5, 0.6) is 23.0 Å². The molecule has 2 amide bonds. The van der Waals surface area contributed by atoms with Gasteiger partial charge in [0.25, 0.3) is 0 Å². The van der Waals surface area contributed by atoms with Gasteiger partial charge in [-0.3, -0.25) is 0 Å². The number of rotatable bonds is 11. The lowest BCUT2D eigenvalue weighted by Crippen LogP contribution is -2.24. The van der Waals surface area contributed by atoms with Gasteiger partial charge < -0.3 is 24.3 Å². The highest BCUT2D eigenvalue weighted by Crippen LogP contribution is 2.36. The fourth-order valence-corrected chi connectivity index (χ4v) is 3.48. The first-order chi connectivity index (χ1) is 16.6. The highest BCUT2D eigenvalue weighted by molar-refractivity contribution is 9.10. The van der Waals surface area contributed by atoms with Crippen molar-refractivity contribution in [3.63, 3.8) is 0 Å². The fourth-order valence-electron chi connectivity index (χ4n) is 2.91. The Morgan fingerprint density at radius 3 is 2.50 bits per heavy atom. The first kappa shape index (κ1) is 24.9. The summed E-state index contributed by atoms with van der Waals surface area (Å²) in [6.45, 7) is 3.00. The zero-order valence-corrected chi connectivity index (χ0v) is 20.5. The SMILES string of the molecule is CCOc1cc(/C=N\NC(=O)Nc2ccccc2)cc(Br)c1OCCOc1cccc(OC)c1. The van der Waals surface area contributed by atoms with Crippen molar-refractivity contribution in [1.29, 1.82) is 0 Å². The van der Waals surface area contributed by atoms with E-state index >= 15 is 0 Å². The fraction of sp³-hybridized carbons (Fsp3) is 0.200. The van der Waals surface area contributed by atoms with E-state index in [9.17, 15) is 4.79 Å². The summed E-state index contributed by atoms with van der Waals surface area (Å²) in [5, 5.41) is 6.69. The van der Waals surface area contributed by atoms with Crippen LogP contribution in [0.15, 0.2) is 76.3 Å². The molecule has 0 aliphatic heterocycles. The van der Waals surface area contributed by atoms with Crippen LogP contribution in [0.3, 0.4) is 0 Å². The van der Waals surface area contributed by atoms with Crippen LogP contribution in [0.1, 0.15) is 12.5 Å². The molecule has 0 saturated heterocycles. The number of carbonyl (C=O) groups is 1. The Balaban J connectivity index is 1.57. The normalized spacial score (nSPS) is 10.6. The molecule has 0 atom stereocenters. The topological polar surface area (TPSA) is 90.4 Å². The maximum atomic E-state index is 12.0. The quantitative estimate of drug-likeness (QED) is 0.196. The summed E-state index contributed by atoms with van der Waals surface area (Å²) in [6.07, 6.45) is 1.52. The zero-order valence-electron chi connectivity index (χ0n) is 18.9. The van der Waals surface area contributed by atoms with Gasteiger partial charge in [0.05, 0.1) is 24.4 Å². The van der Waals surface area contributed by atoms with E-state index in [2.05, 4.69) is 31.8 Å². The molecule has 3 aromatic rings. The third-order valence-electron chi connectivity index (χ3n) is 4.38. The third kappa shape index (κ3) is 7.70. The molecule has 2 N–H and O–H groups in total. The smallest absolute Gasteiger partial charge is 0.339 e. The van der Waals surface area contributed by atoms with Crippen molar-refractivity contribution in [1.82, 2.24) is 5.43 Å². The Bertz CT molecular complexity index is 1110. The number of hydrazone groups is 1. The summed E-state index contributed by atoms with van der Waals surface area (Å²) >= 11 is 3.53. The lowest BCUT2D eigenvalue weighted by Gasteiger charge is -2.15. The first-order valence-electron chi connectivity index (χ1n) is 10.6. The Hall–Kier alpha value is -3.72. The standard InChI is InChI=1S/C25H26BrN3O5/c1-3-32-23-15-18(17-27-29-25(30)28-19-8-5-4-6-9-19)14-22(26)24(23)34-13-12-33-21-11-7-10-20(16-21)31-2/h4-11,14-17H,3,12-13H2,1-2H3,(H2,28,29,30)/b27-17-. The van der Waals surface area contributed by atoms with E-state index in [0.717, 1.165) is 11.3 Å². The average molecular weight is 528 g/mol. The number of hydrogen-bond donors (Lipinski definition) is 2. The van der Waals surface area contributed by atoms with Crippen LogP contribution in [-0.4, -0.2) is 39.2 Å². The average Bonchev–Trinajstić information content (AvgIpc) is 2.84. The number of anilines is 1. The van der Waals surface area contributed by atoms with E-state index in [1.165, 1.54) is 6.21 Å². The predicted octanol–water partition coefficient (Wildman–Crippen LogP) is 5.47. The summed E-state index contributed by atoms with van der Waals surface area (Å²) in [4.78, 5) is 12.0. The molecule has 0 aromatic heterocycles. The van der Waals surface area contributed by atoms with Crippen LogP contribution < -0.4 is 29.7 Å². The number of methoxy groups -OCH3 is 1. The van der Waals surface area contributed by atoms with Crippen LogP contribution in [0.25, 0.3) is 0 Å². The van der Waals surface area contributed by atoms with Gasteiger partial charge in [0.1, 0.15) is 24.7 Å². The number of nitrogens with one attached hydrogen (secondary N) is 2. The molecule has 8 nitrogen and oxygen atoms in total. The van der Waals surface area contributed by atoms with E-state index in [4.69, 9.17) is 18.9 Å². The second kappa shape index (κ2) is 13.1. The summed E-state index contributed by atoms with van der Waals surface area (Å²) < 4.78 is 23.3. The molecule has 0 aliphatic rings. The number of halogens is 1. The molecule has 3 rings (SSSR count). The summed E-state index contributed by atoms with van der Waals surface area (Å²) in [7, 11) is 1.61. The van der Waals surface area contributed by atoms with Crippen molar-refractivity contribution in [3.8, 4) is 23.0 Å². The minimum absolute atomic E-state index is 0.310. The van der Waals surface area contributed by atoms with Crippen LogP contribution in [0, 0.1) is 0 Å². The lowest BCUT2D eigenvalue weighted by molar-refractivity contribution is 0.207. The van der Waals surface area contributed by atoms with Crippen molar-refractivity contribution >= 4 is 33.9 Å². The molecule has 0 saturated carbocycles. The number of benzene rings is 3. The van der Waals surface area contributed by atoms with Gasteiger partial charge >= 0.3 is 6.03 Å². The second-order valence-electron chi connectivity index (χ2n) is 6.83. The number of carbonyl (C=O) groups excluding carboxylic acids is 1. The minimum atomic E-state index is -0.442. The molecular weight excluding hydrogens is 502 g/mol. The largest absolute Gasteiger partial charge is 0.497 e. The molecule has 178 valence electrons. The second-order valence-corrected chi connectivity index (χ2v) is 7.68. The van der Waals surface area contributed by atoms with Crippen molar-refractivity contribution in [2.75, 3.05) is 32.2 Å². The van der Waals surface area contributed by atoms with E-state index in [1.54, 1.807) is 25.3 Å². The molecule has 0 unspecified atom stereocenters. The van der Waals surface area contributed by atoms with E-state index in [-0.39, 0.29) is 0 Å². The zero-order chi connectivity index (χ0) is 24.2. The summed E-state index contributed by atoms with van der Waals surface area (Å²) in [5.74, 6) is 2.53. The lowest BCUT2D eigenvalue weighted by atomic mass is 10.2. The molecule has 34 heavy (non-hydrogen) atoms. The van der Waals surface area contributed by atoms with Crippen molar-refractivity contribution in [2.45, 2.75) is 6.92 Å². The monoisotopic (exact) mass is 527 g/mol. The van der Waals surface area contributed by atoms with Crippen LogP contribution in [0.2, 0.25) is 0 Å². The highest BCUT2D eigenvalue weighted by atomic mass is 79.9. The van der Waals surface area contributed by atoms with Gasteiger partial charge in [-0.1, -0.05) is 24.3 Å². The first-order valence-corrected chi connectivity index (χ1v) is 11.4. The Morgan fingerprint density at radius 2 is 1.74 bits per heavy atom. The Kier molecular flexibility index (Phi) is 9.60. The van der Waals surface area contributed by atoms with Crippen molar-refractivity contribution in [2.24, 2.45) is 5.10 Å². The number of ether oxygens (including phenoxy) is 4. The van der Waals surface area contributed by atoms with Crippen molar-refractivity contribution in [3.05, 3.63) is 76.8 Å². The van der Waals surface area contributed by atoms with Crippen LogP contribution in [0.4, 0.5) is 10.5 Å². The molecule has 3 aromatic carbocycles. The van der Waals surface area contributed by atoms with Crippen LogP contribution >= 0.6 is 15.9 Å². The van der Waals surface area contributed by atoms with Gasteiger partial charge in [0.2, 0.25) is 0 Å². The predicted molar refractivity (Wildman–Crippen MR) is 135 cm³/mol. The van der Waals surface area contributed by atoms with Gasteiger partial charge in [0.15, 0.2) is 11.5 Å². The summed E-state index contributed by atoms with van der Waals surface area (Å²) in [6, 6.07) is 19.7. The molecule has 0 radical (unpaired) electrons. The number of amides is 2. The van der Waals surface area contributed by atoms with E-state index < -0.39 is 6.03 Å². The summed E-state index contributed by atoms with van der Waals surface area (Å²) in [5.41, 5.74) is 3.83.